The van der Waals surface area contributed by atoms with Crippen molar-refractivity contribution in [2.45, 2.75) is 39.2 Å². The van der Waals surface area contributed by atoms with Gasteiger partial charge in [0.05, 0.1) is 5.92 Å². The van der Waals surface area contributed by atoms with Crippen molar-refractivity contribution in [1.82, 2.24) is 10.2 Å². The Bertz CT molecular complexity index is 271. The van der Waals surface area contributed by atoms with Gasteiger partial charge in [0.1, 0.15) is 0 Å². The lowest BCUT2D eigenvalue weighted by Crippen LogP contribution is -2.46. The number of unbranched alkanes of at least 4 members (excludes halogenated alkanes) is 2. The van der Waals surface area contributed by atoms with Crippen LogP contribution in [0.1, 0.15) is 33.1 Å². The van der Waals surface area contributed by atoms with Crippen molar-refractivity contribution < 1.29 is 19.8 Å². The van der Waals surface area contributed by atoms with Crippen molar-refractivity contribution in [3.8, 4) is 0 Å². The Balaban J connectivity index is 3.96. The highest BCUT2D eigenvalue weighted by atomic mass is 16.4. The standard InChI is InChI=1S/C12H24N2O4/c1-9(11(16)17)10(2)13-12(18)14(3)7-5-4-6-8-15/h9-10,15H,4-8H2,1-3H3,(H,13,18)(H,16,17). The molecule has 0 fully saturated rings. The Labute approximate surface area is 108 Å². The van der Waals surface area contributed by atoms with Crippen LogP contribution in [0.2, 0.25) is 0 Å². The quantitative estimate of drug-likeness (QED) is 0.566. The number of carbonyl (C=O) groups excluding carboxylic acids is 1. The number of amides is 2. The molecule has 6 nitrogen and oxygen atoms in total. The van der Waals surface area contributed by atoms with Crippen LogP contribution >= 0.6 is 0 Å². The summed E-state index contributed by atoms with van der Waals surface area (Å²) in [5.74, 6) is -1.54. The molecule has 2 amide bonds. The summed E-state index contributed by atoms with van der Waals surface area (Å²) < 4.78 is 0. The molecule has 0 spiro atoms. The van der Waals surface area contributed by atoms with E-state index in [1.165, 1.54) is 4.90 Å². The summed E-state index contributed by atoms with van der Waals surface area (Å²) in [6.07, 6.45) is 2.43. The van der Waals surface area contributed by atoms with Gasteiger partial charge in [-0.25, -0.2) is 4.79 Å². The molecule has 18 heavy (non-hydrogen) atoms. The summed E-state index contributed by atoms with van der Waals surface area (Å²) >= 11 is 0. The highest BCUT2D eigenvalue weighted by molar-refractivity contribution is 5.76. The maximum Gasteiger partial charge on any atom is 0.317 e. The largest absolute Gasteiger partial charge is 0.481 e. The first-order valence-corrected chi connectivity index (χ1v) is 6.25. The molecule has 0 aliphatic carbocycles. The molecule has 2 atom stereocenters. The van der Waals surface area contributed by atoms with Gasteiger partial charge in [-0.05, 0) is 33.1 Å². The summed E-state index contributed by atoms with van der Waals surface area (Å²) in [6, 6.07) is -0.672. The molecule has 0 aliphatic rings. The molecule has 106 valence electrons. The van der Waals surface area contributed by atoms with Crippen LogP contribution in [0, 0.1) is 5.92 Å². The van der Waals surface area contributed by atoms with Crippen LogP contribution in [0.25, 0.3) is 0 Å². The summed E-state index contributed by atoms with van der Waals surface area (Å²) in [5.41, 5.74) is 0. The van der Waals surface area contributed by atoms with Gasteiger partial charge in [0.2, 0.25) is 0 Å². The normalized spacial score (nSPS) is 13.8. The number of nitrogens with zero attached hydrogens (tertiary/aromatic N) is 1. The fourth-order valence-corrected chi connectivity index (χ4v) is 1.38. The summed E-state index contributed by atoms with van der Waals surface area (Å²) in [7, 11) is 1.67. The number of carbonyl (C=O) groups is 2. The summed E-state index contributed by atoms with van der Waals surface area (Å²) in [4.78, 5) is 24.0. The van der Waals surface area contributed by atoms with Crippen LogP contribution in [0.15, 0.2) is 0 Å². The molecule has 0 saturated heterocycles. The van der Waals surface area contributed by atoms with Gasteiger partial charge < -0.3 is 20.4 Å². The first-order valence-electron chi connectivity index (χ1n) is 6.25. The zero-order valence-corrected chi connectivity index (χ0v) is 11.3. The van der Waals surface area contributed by atoms with Gasteiger partial charge in [0.15, 0.2) is 0 Å². The third-order valence-electron chi connectivity index (χ3n) is 2.99. The number of nitrogens with one attached hydrogen (secondary N) is 1. The smallest absolute Gasteiger partial charge is 0.317 e. The number of aliphatic hydroxyl groups excluding tert-OH is 1. The van der Waals surface area contributed by atoms with Gasteiger partial charge in [0, 0.05) is 26.2 Å². The number of carboxylic acid groups (broad SMARTS) is 1. The average Bonchev–Trinajstić information content (AvgIpc) is 2.32. The number of hydrogen-bond acceptors (Lipinski definition) is 3. The van der Waals surface area contributed by atoms with Crippen molar-refractivity contribution in [3.63, 3.8) is 0 Å². The van der Waals surface area contributed by atoms with Crippen LogP contribution in [0.3, 0.4) is 0 Å². The number of carboxylic acids is 1. The van der Waals surface area contributed by atoms with Gasteiger partial charge >= 0.3 is 12.0 Å². The number of aliphatic carboxylic acids is 1. The second-order valence-corrected chi connectivity index (χ2v) is 4.57. The van der Waals surface area contributed by atoms with E-state index in [0.717, 1.165) is 19.3 Å². The Hall–Kier alpha value is -1.30. The number of urea groups is 1. The third-order valence-corrected chi connectivity index (χ3v) is 2.99. The lowest BCUT2D eigenvalue weighted by atomic mass is 10.0. The lowest BCUT2D eigenvalue weighted by Gasteiger charge is -2.23. The van der Waals surface area contributed by atoms with E-state index in [-0.39, 0.29) is 12.6 Å². The lowest BCUT2D eigenvalue weighted by molar-refractivity contribution is -0.141. The van der Waals surface area contributed by atoms with E-state index in [1.54, 1.807) is 20.9 Å². The molecule has 0 aromatic rings. The number of hydrogen-bond donors (Lipinski definition) is 3. The second kappa shape index (κ2) is 8.74. The highest BCUT2D eigenvalue weighted by Gasteiger charge is 2.21. The van der Waals surface area contributed by atoms with E-state index < -0.39 is 17.9 Å². The molecule has 0 aromatic carbocycles. The van der Waals surface area contributed by atoms with E-state index in [0.29, 0.717) is 6.54 Å². The molecule has 0 radical (unpaired) electrons. The van der Waals surface area contributed by atoms with Crippen molar-refractivity contribution in [2.75, 3.05) is 20.2 Å². The van der Waals surface area contributed by atoms with Gasteiger partial charge in [-0.15, -0.1) is 0 Å². The molecular formula is C12H24N2O4. The Morgan fingerprint density at radius 3 is 2.33 bits per heavy atom. The van der Waals surface area contributed by atoms with E-state index in [4.69, 9.17) is 10.2 Å². The molecule has 3 N–H and O–H groups in total. The van der Waals surface area contributed by atoms with Crippen molar-refractivity contribution in [3.05, 3.63) is 0 Å². The van der Waals surface area contributed by atoms with Crippen LogP contribution < -0.4 is 5.32 Å². The van der Waals surface area contributed by atoms with E-state index in [9.17, 15) is 9.59 Å². The van der Waals surface area contributed by atoms with Crippen molar-refractivity contribution in [1.29, 1.82) is 0 Å². The maximum absolute atomic E-state index is 11.7. The maximum atomic E-state index is 11.7. The fourth-order valence-electron chi connectivity index (χ4n) is 1.38. The predicted octanol–water partition coefficient (Wildman–Crippen LogP) is 0.900. The molecule has 0 saturated carbocycles. The van der Waals surface area contributed by atoms with Crippen molar-refractivity contribution in [2.24, 2.45) is 5.92 Å². The molecular weight excluding hydrogens is 236 g/mol. The van der Waals surface area contributed by atoms with Crippen LogP contribution in [-0.4, -0.2) is 53.4 Å². The minimum absolute atomic E-state index is 0.170. The molecule has 2 unspecified atom stereocenters. The Morgan fingerprint density at radius 2 is 1.83 bits per heavy atom. The van der Waals surface area contributed by atoms with Crippen molar-refractivity contribution >= 4 is 12.0 Å². The average molecular weight is 260 g/mol. The van der Waals surface area contributed by atoms with Crippen LogP contribution in [0.5, 0.6) is 0 Å². The first-order chi connectivity index (χ1) is 8.40. The van der Waals surface area contributed by atoms with Gasteiger partial charge in [-0.1, -0.05) is 0 Å². The van der Waals surface area contributed by atoms with Crippen LogP contribution in [0.4, 0.5) is 4.79 Å². The van der Waals surface area contributed by atoms with Gasteiger partial charge in [-0.3, -0.25) is 4.79 Å². The minimum Gasteiger partial charge on any atom is -0.481 e. The third kappa shape index (κ3) is 6.44. The molecule has 0 aromatic heterocycles. The predicted molar refractivity (Wildman–Crippen MR) is 68.4 cm³/mol. The Kier molecular flexibility index (Phi) is 8.11. The monoisotopic (exact) mass is 260 g/mol. The Morgan fingerprint density at radius 1 is 1.22 bits per heavy atom. The first kappa shape index (κ1) is 16.7. The molecule has 0 aliphatic heterocycles. The van der Waals surface area contributed by atoms with E-state index in [1.807, 2.05) is 0 Å². The van der Waals surface area contributed by atoms with Gasteiger partial charge in [0.25, 0.3) is 0 Å². The number of aliphatic hydroxyl groups is 1. The molecule has 6 heteroatoms. The summed E-state index contributed by atoms with van der Waals surface area (Å²) in [6.45, 7) is 4.01. The van der Waals surface area contributed by atoms with Crippen LogP contribution in [-0.2, 0) is 4.79 Å². The van der Waals surface area contributed by atoms with E-state index in [2.05, 4.69) is 5.32 Å². The zero-order valence-electron chi connectivity index (χ0n) is 11.3. The second-order valence-electron chi connectivity index (χ2n) is 4.57. The molecule has 0 bridgehead atoms. The zero-order chi connectivity index (χ0) is 14.1. The molecule has 0 heterocycles. The SMILES string of the molecule is CC(NC(=O)N(C)CCCCCO)C(C)C(=O)O. The number of rotatable bonds is 8. The topological polar surface area (TPSA) is 89.9 Å². The summed E-state index contributed by atoms with van der Waals surface area (Å²) in [5, 5.41) is 20.1. The fraction of sp³-hybridized carbons (Fsp3) is 0.833. The van der Waals surface area contributed by atoms with Gasteiger partial charge in [-0.2, -0.15) is 0 Å². The molecule has 0 rings (SSSR count). The minimum atomic E-state index is -0.923. The highest BCUT2D eigenvalue weighted by Crippen LogP contribution is 2.03. The van der Waals surface area contributed by atoms with E-state index >= 15 is 0 Å².